The van der Waals surface area contributed by atoms with Crippen LogP contribution in [0.25, 0.3) is 182 Å². The Balaban J connectivity index is 0.713. The number of hydrogen-bond donors (Lipinski definition) is 4. The van der Waals surface area contributed by atoms with Gasteiger partial charge in [-0.1, -0.05) is 215 Å². The van der Waals surface area contributed by atoms with Gasteiger partial charge in [0.05, 0.1) is 68.3 Å². The number of nitrogens with one attached hydrogen (secondary N) is 4. The van der Waals surface area contributed by atoms with E-state index in [2.05, 4.69) is 336 Å². The van der Waals surface area contributed by atoms with Crippen LogP contribution in [0.15, 0.2) is 267 Å². The van der Waals surface area contributed by atoms with E-state index in [1.54, 1.807) is 0 Å². The summed E-state index contributed by atoms with van der Waals surface area (Å²) in [6, 6.07) is 89.6. The molecule has 132 heavy (non-hydrogen) atoms. The molecule has 10 aromatic heterocycles. The van der Waals surface area contributed by atoms with Gasteiger partial charge in [0.15, 0.2) is 0 Å². The first-order chi connectivity index (χ1) is 65.2. The monoisotopic (exact) mass is 1710 g/mol. The van der Waals surface area contributed by atoms with Crippen LogP contribution >= 0.6 is 0 Å². The number of hydrogen-bond acceptors (Lipinski definition) is 12. The average Bonchev–Trinajstić information content (AvgIpc) is 1.61. The van der Waals surface area contributed by atoms with Crippen LogP contribution in [0.5, 0.6) is 0 Å². The molecule has 50 rings (SSSR count). The Labute approximate surface area is 760 Å². The molecule has 0 fully saturated rings. The van der Waals surface area contributed by atoms with Crippen molar-refractivity contribution in [1.29, 1.82) is 0 Å². The van der Waals surface area contributed by atoms with Crippen LogP contribution in [0.2, 0.25) is 0 Å². The molecular weight excluding hydrogens is 1630 g/mol. The van der Waals surface area contributed by atoms with Gasteiger partial charge in [-0.2, -0.15) is 0 Å². The third-order valence-corrected chi connectivity index (χ3v) is 27.0. The number of benzene rings is 8. The van der Waals surface area contributed by atoms with Crippen molar-refractivity contribution in [3.05, 3.63) is 380 Å². The van der Waals surface area contributed by atoms with Gasteiger partial charge in [-0.3, -0.25) is 18.7 Å². The second-order valence-corrected chi connectivity index (χ2v) is 35.5. The van der Waals surface area contributed by atoms with Crippen molar-refractivity contribution in [3.63, 3.8) is 0 Å². The molecule has 636 valence electrons. The second-order valence-electron chi connectivity index (χ2n) is 35.5. The Bertz CT molecular complexity index is 6680. The van der Waals surface area contributed by atoms with Crippen LogP contribution in [0, 0.1) is 0 Å². The quantitative estimate of drug-likeness (QED) is 0.111. The van der Waals surface area contributed by atoms with E-state index in [9.17, 15) is 0 Å². The molecule has 0 radical (unpaired) electrons. The highest BCUT2D eigenvalue weighted by Gasteiger charge is 2.25. The van der Waals surface area contributed by atoms with Gasteiger partial charge in [-0.25, -0.2) is 19.9 Å². The molecule has 0 saturated carbocycles. The normalized spacial score (nSPS) is 14.1. The van der Waals surface area contributed by atoms with E-state index in [0.717, 1.165) is 279 Å². The molecule has 48 bridgehead atoms. The third kappa shape index (κ3) is 15.2. The van der Waals surface area contributed by atoms with Gasteiger partial charge < -0.3 is 19.9 Å². The molecule has 0 amide bonds. The highest BCUT2D eigenvalue weighted by Crippen LogP contribution is 2.44. The fraction of sp³-hybridized carbons (Fsp3) is 0.143. The van der Waals surface area contributed by atoms with E-state index in [0.29, 0.717) is 26.2 Å². The van der Waals surface area contributed by atoms with Gasteiger partial charge in [0.2, 0.25) is 0 Å². The van der Waals surface area contributed by atoms with E-state index in [-0.39, 0.29) is 0 Å². The highest BCUT2D eigenvalue weighted by molar-refractivity contribution is 6.03. The number of aromatic amines is 4. The summed E-state index contributed by atoms with van der Waals surface area (Å²) in [4.78, 5) is 39.2. The topological polar surface area (TPSA) is 238 Å². The van der Waals surface area contributed by atoms with Crippen LogP contribution in [0.3, 0.4) is 0 Å². The molecule has 0 aliphatic carbocycles. The van der Waals surface area contributed by atoms with Crippen molar-refractivity contribution in [3.8, 4) is 89.0 Å². The predicted octanol–water partition coefficient (Wildman–Crippen LogP) is 22.4. The van der Waals surface area contributed by atoms with E-state index in [1.165, 1.54) is 44.5 Å². The van der Waals surface area contributed by atoms with Crippen LogP contribution in [0.4, 0.5) is 0 Å². The van der Waals surface area contributed by atoms with Crippen molar-refractivity contribution < 1.29 is 0 Å². The van der Waals surface area contributed by atoms with Gasteiger partial charge in [-0.15, -0.1) is 20.4 Å². The van der Waals surface area contributed by atoms with Gasteiger partial charge in [0.25, 0.3) is 0 Å². The molecular formula is C112H88N20. The van der Waals surface area contributed by atoms with E-state index in [1.807, 2.05) is 18.7 Å². The zero-order valence-corrected chi connectivity index (χ0v) is 72.5. The summed E-state index contributed by atoms with van der Waals surface area (Å²) >= 11 is 0. The summed E-state index contributed by atoms with van der Waals surface area (Å²) in [5, 5.41) is 37.9. The number of aromatic nitrogens is 20. The molecule has 32 aliphatic heterocycles. The second kappa shape index (κ2) is 33.0. The van der Waals surface area contributed by atoms with E-state index >= 15 is 0 Å². The molecule has 0 saturated heterocycles. The maximum Gasteiger partial charge on any atom is 0.0830 e. The molecule has 20 heteroatoms. The van der Waals surface area contributed by atoms with Crippen LogP contribution < -0.4 is 0 Å². The van der Waals surface area contributed by atoms with Crippen LogP contribution in [-0.4, -0.2) is 99.8 Å². The van der Waals surface area contributed by atoms with Gasteiger partial charge in [0, 0.05) is 140 Å². The van der Waals surface area contributed by atoms with Gasteiger partial charge >= 0.3 is 0 Å². The molecule has 18 aromatic rings. The summed E-state index contributed by atoms with van der Waals surface area (Å²) in [5.41, 5.74) is 43.2. The minimum Gasteiger partial charge on any atom is -0.354 e. The summed E-state index contributed by atoms with van der Waals surface area (Å²) in [6.45, 7) is 2.63. The maximum atomic E-state index is 5.77. The third-order valence-electron chi connectivity index (χ3n) is 27.0. The first kappa shape index (κ1) is 77.8. The van der Waals surface area contributed by atoms with Crippen molar-refractivity contribution >= 4 is 92.7 Å². The summed E-state index contributed by atoms with van der Waals surface area (Å²) < 4.78 is 7.94. The molecule has 0 unspecified atom stereocenters. The number of nitrogens with zero attached hydrogens (tertiary/aromatic N) is 16. The zero-order chi connectivity index (χ0) is 87.1. The molecule has 20 nitrogen and oxygen atoms in total. The highest BCUT2D eigenvalue weighted by atomic mass is 15.4. The lowest BCUT2D eigenvalue weighted by Crippen LogP contribution is -2.02. The van der Waals surface area contributed by atoms with Crippen molar-refractivity contribution in [2.75, 3.05) is 0 Å². The number of H-pyrrole nitrogens is 4. The Morgan fingerprint density at radius 1 is 0.167 bits per heavy atom. The fourth-order valence-corrected chi connectivity index (χ4v) is 19.9. The standard InChI is InChI=1S/C112H88N20/c1-21-77-22-2-69(1)17-37-85-65-129(125-121-85)61-57-73-9-29-81(30-10-73)109-97-49-51-99(117-97)110-82-31-11-74(12-32-82)58-62-130-66-86(122-126-130)38-18-70-3-23-78(24-4-70)106-91-43-41-89(113-91)105(77)90-42-44-92(114-90)107-79-25-5-71(6-26-79)19-39-87-67-131(127-123-87)63-59-75-13-33-83(34-14-75)111(100-52-50-98(109)118-100)102-54-56-104(120-102)112(103-55-53-101(110)119-103)84-35-15-76(16-36-84)60-64-132-68-88(124-128-132)40-20-72-7-27-80(28-8-72)108(95-47-45-93(106)115-95)96-48-46-94(107)116-96/h1-16,21-36,41-56,65-68,113,116-117,120H,17-20,37-40,57-64H2. The van der Waals surface area contributed by atoms with Crippen molar-refractivity contribution in [1.82, 2.24) is 99.8 Å². The Morgan fingerprint density at radius 2 is 0.318 bits per heavy atom. The Hall–Kier alpha value is -16.5. The summed E-state index contributed by atoms with van der Waals surface area (Å²) in [5.74, 6) is 0. The minimum atomic E-state index is 0.657. The van der Waals surface area contributed by atoms with Gasteiger partial charge in [0.1, 0.15) is 0 Å². The average molecular weight is 1710 g/mol. The Kier molecular flexibility index (Phi) is 19.4. The Morgan fingerprint density at radius 3 is 0.477 bits per heavy atom. The van der Waals surface area contributed by atoms with Crippen LogP contribution in [-0.2, 0) is 103 Å². The van der Waals surface area contributed by atoms with Crippen molar-refractivity contribution in [2.45, 2.75) is 103 Å². The SMILES string of the molecule is C1=Cc2nc1c1c3ccc([nH]3)c3c4nc(c5c6ccc([nH]6)c2-c2ccc(cc2)CCc2cn(nn2)CCc2ccc(cc2)-c2c6nc(c(c7ccc([nH]7)c(c7nc(c(c8ccc2[nH]8)-c2ccc(cc2)CCn2cc(nn2)CCc2ccc-5cc2)C=C7)-c2ccc(cc2)CCn2cc(nn2)CCc2ccc-3cc2)-c2ccc(cc2)CCn2cc(nn2)CCc2ccc-1cc2)C=C6)C=C4. The molecule has 8 aromatic carbocycles. The van der Waals surface area contributed by atoms with E-state index in [4.69, 9.17) is 61.2 Å². The molecule has 32 aliphatic rings. The lowest BCUT2D eigenvalue weighted by molar-refractivity contribution is 0.589. The minimum absolute atomic E-state index is 0.657. The maximum absolute atomic E-state index is 5.77. The van der Waals surface area contributed by atoms with Gasteiger partial charge in [-0.05, 0) is 263 Å². The van der Waals surface area contributed by atoms with Crippen molar-refractivity contribution in [2.24, 2.45) is 0 Å². The smallest absolute Gasteiger partial charge is 0.0830 e. The first-order valence-corrected chi connectivity index (χ1v) is 45.8. The number of rotatable bonds is 0. The molecule has 0 spiro atoms. The largest absolute Gasteiger partial charge is 0.354 e. The van der Waals surface area contributed by atoms with Crippen LogP contribution in [0.1, 0.15) is 113 Å². The molecule has 0 atom stereocenters. The molecule has 42 heterocycles. The van der Waals surface area contributed by atoms with E-state index < -0.39 is 0 Å². The summed E-state index contributed by atoms with van der Waals surface area (Å²) in [6.07, 6.45) is 34.8. The lowest BCUT2D eigenvalue weighted by atomic mass is 10.00. The molecule has 4 N–H and O–H groups in total. The predicted molar refractivity (Wildman–Crippen MR) is 526 cm³/mol. The first-order valence-electron chi connectivity index (χ1n) is 45.8. The lowest BCUT2D eigenvalue weighted by Gasteiger charge is -2.09. The summed E-state index contributed by atoms with van der Waals surface area (Å²) in [7, 11) is 0. The fourth-order valence-electron chi connectivity index (χ4n) is 19.9. The number of aryl methyl sites for hydroxylation is 16. The zero-order valence-electron chi connectivity index (χ0n) is 72.5.